The summed E-state index contributed by atoms with van der Waals surface area (Å²) < 4.78 is 5.10. The molecule has 1 amide bonds. The van der Waals surface area contributed by atoms with Gasteiger partial charge < -0.3 is 15.4 Å². The number of rotatable bonds is 8. The summed E-state index contributed by atoms with van der Waals surface area (Å²) >= 11 is 5.93. The summed E-state index contributed by atoms with van der Waals surface area (Å²) in [7, 11) is 1.64. The molecule has 122 valence electrons. The van der Waals surface area contributed by atoms with Gasteiger partial charge in [0, 0.05) is 30.2 Å². The Balaban J connectivity index is 1.63. The number of methoxy groups -OCH3 is 1. The van der Waals surface area contributed by atoms with E-state index < -0.39 is 0 Å². The summed E-state index contributed by atoms with van der Waals surface area (Å²) in [6.07, 6.45) is 1.21. The maximum Gasteiger partial charge on any atom is 0.221 e. The highest BCUT2D eigenvalue weighted by Gasteiger charge is 2.01. The van der Waals surface area contributed by atoms with Crippen LogP contribution in [-0.4, -0.2) is 26.1 Å². The maximum atomic E-state index is 11.8. The van der Waals surface area contributed by atoms with Crippen LogP contribution in [-0.2, 0) is 11.2 Å². The zero-order chi connectivity index (χ0) is 16.5. The smallest absolute Gasteiger partial charge is 0.221 e. The van der Waals surface area contributed by atoms with Crippen LogP contribution in [0, 0.1) is 0 Å². The monoisotopic (exact) mass is 332 g/mol. The van der Waals surface area contributed by atoms with Gasteiger partial charge in [-0.3, -0.25) is 4.79 Å². The zero-order valence-corrected chi connectivity index (χ0v) is 13.9. The van der Waals surface area contributed by atoms with E-state index >= 15 is 0 Å². The van der Waals surface area contributed by atoms with Crippen LogP contribution in [0.1, 0.15) is 12.0 Å². The normalized spacial score (nSPS) is 10.2. The summed E-state index contributed by atoms with van der Waals surface area (Å²) in [4.78, 5) is 11.8. The molecule has 0 aromatic heterocycles. The molecule has 23 heavy (non-hydrogen) atoms. The van der Waals surface area contributed by atoms with Crippen LogP contribution < -0.4 is 15.4 Å². The highest BCUT2D eigenvalue weighted by atomic mass is 35.5. The van der Waals surface area contributed by atoms with Crippen molar-refractivity contribution in [2.45, 2.75) is 12.8 Å². The predicted molar refractivity (Wildman–Crippen MR) is 94.3 cm³/mol. The molecular weight excluding hydrogens is 312 g/mol. The summed E-state index contributed by atoms with van der Waals surface area (Å²) in [5.41, 5.74) is 2.09. The third-order valence-corrected chi connectivity index (χ3v) is 3.63. The molecule has 0 radical (unpaired) electrons. The first-order valence-corrected chi connectivity index (χ1v) is 7.94. The number of benzene rings is 2. The third kappa shape index (κ3) is 6.20. The standard InChI is InChI=1S/C18H21ClN2O2/c1-23-17-7-5-16(6-8-17)20-12-10-18(22)21-11-9-14-3-2-4-15(19)13-14/h2-8,13,20H,9-12H2,1H3,(H,21,22). The molecule has 0 spiro atoms. The number of ether oxygens (including phenoxy) is 1. The SMILES string of the molecule is COc1ccc(NCCC(=O)NCCc2cccc(Cl)c2)cc1. The molecule has 0 aliphatic rings. The lowest BCUT2D eigenvalue weighted by Gasteiger charge is -2.08. The molecule has 0 heterocycles. The Morgan fingerprint density at radius 2 is 1.91 bits per heavy atom. The number of halogens is 1. The number of hydrogen-bond donors (Lipinski definition) is 2. The van der Waals surface area contributed by atoms with Crippen molar-refractivity contribution in [2.24, 2.45) is 0 Å². The molecule has 2 aromatic rings. The molecule has 0 aliphatic heterocycles. The minimum atomic E-state index is 0.0352. The van der Waals surface area contributed by atoms with Gasteiger partial charge >= 0.3 is 0 Å². The average molecular weight is 333 g/mol. The van der Waals surface area contributed by atoms with E-state index in [0.717, 1.165) is 28.4 Å². The van der Waals surface area contributed by atoms with Gasteiger partial charge in [-0.1, -0.05) is 23.7 Å². The van der Waals surface area contributed by atoms with Gasteiger partial charge in [0.2, 0.25) is 5.91 Å². The van der Waals surface area contributed by atoms with Crippen molar-refractivity contribution in [3.05, 3.63) is 59.1 Å². The molecule has 2 aromatic carbocycles. The molecule has 0 bridgehead atoms. The van der Waals surface area contributed by atoms with E-state index in [2.05, 4.69) is 10.6 Å². The van der Waals surface area contributed by atoms with Gasteiger partial charge in [0.25, 0.3) is 0 Å². The minimum Gasteiger partial charge on any atom is -0.497 e. The molecule has 2 N–H and O–H groups in total. The molecule has 0 saturated heterocycles. The van der Waals surface area contributed by atoms with Crippen molar-refractivity contribution in [1.29, 1.82) is 0 Å². The van der Waals surface area contributed by atoms with E-state index in [9.17, 15) is 4.79 Å². The summed E-state index contributed by atoms with van der Waals surface area (Å²) in [6.45, 7) is 1.21. The second-order valence-corrected chi connectivity index (χ2v) is 5.57. The van der Waals surface area contributed by atoms with Crippen molar-refractivity contribution < 1.29 is 9.53 Å². The Hall–Kier alpha value is -2.20. The second kappa shape index (κ2) is 9.06. The topological polar surface area (TPSA) is 50.4 Å². The van der Waals surface area contributed by atoms with Gasteiger partial charge in [0.05, 0.1) is 7.11 Å². The van der Waals surface area contributed by atoms with E-state index in [1.807, 2.05) is 48.5 Å². The van der Waals surface area contributed by atoms with Gasteiger partial charge in [-0.05, 0) is 48.4 Å². The van der Waals surface area contributed by atoms with Crippen molar-refractivity contribution in [1.82, 2.24) is 5.32 Å². The molecule has 2 rings (SSSR count). The molecule has 5 heteroatoms. The van der Waals surface area contributed by atoms with Crippen molar-refractivity contribution in [2.75, 3.05) is 25.5 Å². The Bertz CT molecular complexity index is 629. The minimum absolute atomic E-state index is 0.0352. The number of hydrogen-bond acceptors (Lipinski definition) is 3. The van der Waals surface area contributed by atoms with Gasteiger partial charge in [0.15, 0.2) is 0 Å². The molecule has 4 nitrogen and oxygen atoms in total. The van der Waals surface area contributed by atoms with Crippen LogP contribution in [0.5, 0.6) is 5.75 Å². The molecule has 0 fully saturated rings. The zero-order valence-electron chi connectivity index (χ0n) is 13.1. The second-order valence-electron chi connectivity index (χ2n) is 5.14. The fourth-order valence-corrected chi connectivity index (χ4v) is 2.37. The maximum absolute atomic E-state index is 11.8. The lowest BCUT2D eigenvalue weighted by Crippen LogP contribution is -2.27. The molecule has 0 atom stereocenters. The van der Waals surface area contributed by atoms with Crippen LogP contribution in [0.4, 0.5) is 5.69 Å². The quantitative estimate of drug-likeness (QED) is 0.777. The van der Waals surface area contributed by atoms with Crippen molar-refractivity contribution >= 4 is 23.2 Å². The summed E-state index contributed by atoms with van der Waals surface area (Å²) in [6, 6.07) is 15.3. The lowest BCUT2D eigenvalue weighted by atomic mass is 10.1. The first-order valence-electron chi connectivity index (χ1n) is 7.56. The fraction of sp³-hybridized carbons (Fsp3) is 0.278. The van der Waals surface area contributed by atoms with Crippen LogP contribution in [0.15, 0.2) is 48.5 Å². The first kappa shape index (κ1) is 17.2. The van der Waals surface area contributed by atoms with E-state index in [-0.39, 0.29) is 5.91 Å². The van der Waals surface area contributed by atoms with Crippen LogP contribution in [0.25, 0.3) is 0 Å². The number of carbonyl (C=O) groups is 1. The van der Waals surface area contributed by atoms with Gasteiger partial charge in [-0.15, -0.1) is 0 Å². The number of nitrogens with one attached hydrogen (secondary N) is 2. The summed E-state index contributed by atoms with van der Waals surface area (Å²) in [5, 5.41) is 6.84. The summed E-state index contributed by atoms with van der Waals surface area (Å²) in [5.74, 6) is 0.849. The fourth-order valence-electron chi connectivity index (χ4n) is 2.16. The Labute approximate surface area is 141 Å². The largest absolute Gasteiger partial charge is 0.497 e. The van der Waals surface area contributed by atoms with Gasteiger partial charge in [-0.25, -0.2) is 0 Å². The van der Waals surface area contributed by atoms with Gasteiger partial charge in [0.1, 0.15) is 5.75 Å². The highest BCUT2D eigenvalue weighted by molar-refractivity contribution is 6.30. The van der Waals surface area contributed by atoms with Crippen LogP contribution in [0.3, 0.4) is 0 Å². The molecule has 0 saturated carbocycles. The van der Waals surface area contributed by atoms with Crippen molar-refractivity contribution in [3.8, 4) is 5.75 Å². The lowest BCUT2D eigenvalue weighted by molar-refractivity contribution is -0.120. The third-order valence-electron chi connectivity index (χ3n) is 3.40. The average Bonchev–Trinajstić information content (AvgIpc) is 2.55. The van der Waals surface area contributed by atoms with E-state index in [4.69, 9.17) is 16.3 Å². The number of carbonyl (C=O) groups excluding carboxylic acids is 1. The highest BCUT2D eigenvalue weighted by Crippen LogP contribution is 2.14. The number of anilines is 1. The van der Waals surface area contributed by atoms with E-state index in [0.29, 0.717) is 19.5 Å². The van der Waals surface area contributed by atoms with E-state index in [1.165, 1.54) is 0 Å². The van der Waals surface area contributed by atoms with E-state index in [1.54, 1.807) is 7.11 Å². The molecular formula is C18H21ClN2O2. The number of amides is 1. The van der Waals surface area contributed by atoms with Crippen LogP contribution >= 0.6 is 11.6 Å². The Morgan fingerprint density at radius 3 is 2.61 bits per heavy atom. The van der Waals surface area contributed by atoms with Crippen molar-refractivity contribution in [3.63, 3.8) is 0 Å². The Morgan fingerprint density at radius 1 is 1.13 bits per heavy atom. The van der Waals surface area contributed by atoms with Gasteiger partial charge in [-0.2, -0.15) is 0 Å². The first-order chi connectivity index (χ1) is 11.2. The Kier molecular flexibility index (Phi) is 6.76. The molecule has 0 unspecified atom stereocenters. The van der Waals surface area contributed by atoms with Crippen LogP contribution in [0.2, 0.25) is 5.02 Å². The molecule has 0 aliphatic carbocycles. The predicted octanol–water partition coefficient (Wildman–Crippen LogP) is 3.51.